The molecule has 2 aliphatic rings. The Hall–Kier alpha value is -1.44. The van der Waals surface area contributed by atoms with E-state index < -0.39 is 0 Å². The number of aromatic nitrogens is 1. The molecule has 7 heteroatoms. The number of hydrogen-bond donors (Lipinski definition) is 0. The maximum atomic E-state index is 12.4. The molecule has 1 atom stereocenters. The Balaban J connectivity index is 1.66. The number of nitrogens with zero attached hydrogens (tertiary/aromatic N) is 4. The molecule has 0 bridgehead atoms. The number of likely N-dealkylation sites (tertiary alicyclic amines) is 1. The predicted octanol–water partition coefficient (Wildman–Crippen LogP) is 1.13. The standard InChI is InChI=1S/C18H30N4O3/c1-15-19-16(13-25-15)12-21-9-8-20(2)18(14-21)5-4-17(23)22(7-6-18)10-11-24-3/h13H,4-12,14H2,1-3H3/t18-/m1/s1. The lowest BCUT2D eigenvalue weighted by Crippen LogP contribution is -2.60. The number of ether oxygens (including phenoxy) is 1. The van der Waals surface area contributed by atoms with Crippen molar-refractivity contribution in [3.8, 4) is 0 Å². The summed E-state index contributed by atoms with van der Waals surface area (Å²) < 4.78 is 10.5. The summed E-state index contributed by atoms with van der Waals surface area (Å²) >= 11 is 0. The molecule has 3 rings (SSSR count). The van der Waals surface area contributed by atoms with Gasteiger partial charge in [-0.15, -0.1) is 0 Å². The van der Waals surface area contributed by atoms with Crippen molar-refractivity contribution in [1.29, 1.82) is 0 Å². The van der Waals surface area contributed by atoms with Gasteiger partial charge in [0.1, 0.15) is 6.26 Å². The summed E-state index contributed by atoms with van der Waals surface area (Å²) in [5, 5.41) is 0. The van der Waals surface area contributed by atoms with Crippen LogP contribution < -0.4 is 0 Å². The Morgan fingerprint density at radius 2 is 2.16 bits per heavy atom. The van der Waals surface area contributed by atoms with Gasteiger partial charge in [-0.05, 0) is 19.9 Å². The van der Waals surface area contributed by atoms with Crippen molar-refractivity contribution in [3.63, 3.8) is 0 Å². The summed E-state index contributed by atoms with van der Waals surface area (Å²) in [6.45, 7) is 7.80. The monoisotopic (exact) mass is 350 g/mol. The number of carbonyl (C=O) groups is 1. The lowest BCUT2D eigenvalue weighted by Gasteiger charge is -2.49. The topological polar surface area (TPSA) is 62.1 Å². The molecule has 0 aromatic carbocycles. The number of likely N-dealkylation sites (N-methyl/N-ethyl adjacent to an activating group) is 1. The quantitative estimate of drug-likeness (QED) is 0.793. The molecule has 3 heterocycles. The van der Waals surface area contributed by atoms with E-state index in [1.165, 1.54) is 0 Å². The fourth-order valence-electron chi connectivity index (χ4n) is 4.06. The average molecular weight is 350 g/mol. The number of piperazine rings is 1. The number of aryl methyl sites for hydroxylation is 1. The minimum Gasteiger partial charge on any atom is -0.449 e. The minimum atomic E-state index is 0.0640. The van der Waals surface area contributed by atoms with E-state index in [0.717, 1.165) is 51.3 Å². The number of oxazole rings is 1. The molecule has 1 aromatic heterocycles. The number of rotatable bonds is 5. The van der Waals surface area contributed by atoms with Crippen LogP contribution in [0, 0.1) is 6.92 Å². The lowest BCUT2D eigenvalue weighted by molar-refractivity contribution is -0.131. The van der Waals surface area contributed by atoms with Gasteiger partial charge in [0.15, 0.2) is 5.89 Å². The molecule has 25 heavy (non-hydrogen) atoms. The van der Waals surface area contributed by atoms with Gasteiger partial charge in [0, 0.05) is 65.3 Å². The van der Waals surface area contributed by atoms with Crippen molar-refractivity contribution in [2.24, 2.45) is 0 Å². The zero-order valence-corrected chi connectivity index (χ0v) is 15.7. The number of methoxy groups -OCH3 is 1. The van der Waals surface area contributed by atoms with Gasteiger partial charge in [-0.1, -0.05) is 0 Å². The Morgan fingerprint density at radius 3 is 2.88 bits per heavy atom. The Morgan fingerprint density at radius 1 is 1.32 bits per heavy atom. The summed E-state index contributed by atoms with van der Waals surface area (Å²) in [6.07, 6.45) is 4.29. The smallest absolute Gasteiger partial charge is 0.222 e. The highest BCUT2D eigenvalue weighted by Gasteiger charge is 2.42. The van der Waals surface area contributed by atoms with Gasteiger partial charge < -0.3 is 14.1 Å². The molecule has 2 saturated heterocycles. The first-order valence-corrected chi connectivity index (χ1v) is 9.14. The fraction of sp³-hybridized carbons (Fsp3) is 0.778. The lowest BCUT2D eigenvalue weighted by atomic mass is 9.86. The van der Waals surface area contributed by atoms with Crippen LogP contribution >= 0.6 is 0 Å². The van der Waals surface area contributed by atoms with E-state index >= 15 is 0 Å². The molecule has 0 aliphatic carbocycles. The maximum Gasteiger partial charge on any atom is 0.222 e. The van der Waals surface area contributed by atoms with Gasteiger partial charge in [-0.25, -0.2) is 4.98 Å². The minimum absolute atomic E-state index is 0.0640. The second-order valence-electron chi connectivity index (χ2n) is 7.34. The molecule has 1 aromatic rings. The zero-order valence-electron chi connectivity index (χ0n) is 15.7. The van der Waals surface area contributed by atoms with Crippen molar-refractivity contribution in [2.75, 3.05) is 53.5 Å². The second kappa shape index (κ2) is 7.85. The first-order chi connectivity index (χ1) is 12.0. The Bertz CT molecular complexity index is 591. The van der Waals surface area contributed by atoms with Crippen LogP contribution in [0.2, 0.25) is 0 Å². The normalized spacial score (nSPS) is 26.4. The predicted molar refractivity (Wildman–Crippen MR) is 94.2 cm³/mol. The third kappa shape index (κ3) is 4.22. The van der Waals surface area contributed by atoms with Crippen LogP contribution in [-0.4, -0.2) is 84.6 Å². The first kappa shape index (κ1) is 18.4. The van der Waals surface area contributed by atoms with Gasteiger partial charge >= 0.3 is 0 Å². The third-order valence-electron chi connectivity index (χ3n) is 5.70. The zero-order chi connectivity index (χ0) is 17.9. The van der Waals surface area contributed by atoms with Crippen LogP contribution in [0.3, 0.4) is 0 Å². The van der Waals surface area contributed by atoms with Crippen molar-refractivity contribution < 1.29 is 13.9 Å². The number of amides is 1. The van der Waals surface area contributed by atoms with Crippen LogP contribution in [0.1, 0.15) is 30.8 Å². The van der Waals surface area contributed by atoms with Crippen molar-refractivity contribution >= 4 is 5.91 Å². The Labute approximate surface area is 149 Å². The van der Waals surface area contributed by atoms with Gasteiger partial charge in [0.05, 0.1) is 12.3 Å². The summed E-state index contributed by atoms with van der Waals surface area (Å²) in [5.41, 5.74) is 1.05. The van der Waals surface area contributed by atoms with E-state index in [0.29, 0.717) is 25.5 Å². The number of carbonyl (C=O) groups excluding carboxylic acids is 1. The van der Waals surface area contributed by atoms with Crippen LogP contribution in [0.5, 0.6) is 0 Å². The highest BCUT2D eigenvalue weighted by atomic mass is 16.5. The van der Waals surface area contributed by atoms with Gasteiger partial charge in [-0.2, -0.15) is 0 Å². The molecule has 1 spiro atoms. The molecular weight excluding hydrogens is 320 g/mol. The average Bonchev–Trinajstić information content (AvgIpc) is 2.93. The molecule has 0 N–H and O–H groups in total. The van der Waals surface area contributed by atoms with Crippen LogP contribution in [0.25, 0.3) is 0 Å². The van der Waals surface area contributed by atoms with E-state index in [-0.39, 0.29) is 11.4 Å². The SMILES string of the molecule is COCCN1CC[C@]2(CCC1=O)CN(Cc1coc(C)n1)CCN2C. The largest absolute Gasteiger partial charge is 0.449 e. The third-order valence-corrected chi connectivity index (χ3v) is 5.70. The molecule has 1 amide bonds. The summed E-state index contributed by atoms with van der Waals surface area (Å²) in [5.74, 6) is 0.972. The van der Waals surface area contributed by atoms with Crippen LogP contribution in [0.4, 0.5) is 0 Å². The van der Waals surface area contributed by atoms with Gasteiger partial charge in [-0.3, -0.25) is 14.6 Å². The first-order valence-electron chi connectivity index (χ1n) is 9.14. The molecule has 140 valence electrons. The Kier molecular flexibility index (Phi) is 5.76. The maximum absolute atomic E-state index is 12.4. The molecule has 2 aliphatic heterocycles. The van der Waals surface area contributed by atoms with Gasteiger partial charge in [0.2, 0.25) is 5.91 Å². The number of hydrogen-bond acceptors (Lipinski definition) is 6. The van der Waals surface area contributed by atoms with Gasteiger partial charge in [0.25, 0.3) is 0 Å². The van der Waals surface area contributed by atoms with E-state index in [9.17, 15) is 4.79 Å². The van der Waals surface area contributed by atoms with Crippen molar-refractivity contribution in [3.05, 3.63) is 17.8 Å². The molecule has 0 radical (unpaired) electrons. The second-order valence-corrected chi connectivity index (χ2v) is 7.34. The summed E-state index contributed by atoms with van der Waals surface area (Å²) in [6, 6.07) is 0. The highest BCUT2D eigenvalue weighted by Crippen LogP contribution is 2.32. The molecule has 2 fully saturated rings. The van der Waals surface area contributed by atoms with Crippen LogP contribution in [0.15, 0.2) is 10.7 Å². The van der Waals surface area contributed by atoms with E-state index in [1.54, 1.807) is 13.4 Å². The van der Waals surface area contributed by atoms with Crippen LogP contribution in [-0.2, 0) is 16.1 Å². The highest BCUT2D eigenvalue weighted by molar-refractivity contribution is 5.76. The van der Waals surface area contributed by atoms with Crippen molar-refractivity contribution in [1.82, 2.24) is 19.7 Å². The summed E-state index contributed by atoms with van der Waals surface area (Å²) in [4.78, 5) is 23.8. The summed E-state index contributed by atoms with van der Waals surface area (Å²) in [7, 11) is 3.88. The molecular formula is C18H30N4O3. The van der Waals surface area contributed by atoms with Crippen molar-refractivity contribution in [2.45, 2.75) is 38.3 Å². The molecule has 0 saturated carbocycles. The fourth-order valence-corrected chi connectivity index (χ4v) is 4.06. The van der Waals surface area contributed by atoms with E-state index in [4.69, 9.17) is 9.15 Å². The van der Waals surface area contributed by atoms with E-state index in [2.05, 4.69) is 21.8 Å². The molecule has 7 nitrogen and oxygen atoms in total. The van der Waals surface area contributed by atoms with E-state index in [1.807, 2.05) is 11.8 Å². The molecule has 0 unspecified atom stereocenters.